The lowest BCUT2D eigenvalue weighted by atomic mass is 10.1. The number of rotatable bonds is 3. The monoisotopic (exact) mass is 305 g/mol. The smallest absolute Gasteiger partial charge is 0.240 e. The molecule has 0 saturated carbocycles. The van der Waals surface area contributed by atoms with Gasteiger partial charge in [0.15, 0.2) is 0 Å². The van der Waals surface area contributed by atoms with Gasteiger partial charge in [-0.15, -0.1) is 11.3 Å². The predicted octanol–water partition coefficient (Wildman–Crippen LogP) is 3.31. The second kappa shape index (κ2) is 6.58. The number of hydrogen-bond acceptors (Lipinski definition) is 6. The summed E-state index contributed by atoms with van der Waals surface area (Å²) < 4.78 is 0. The van der Waals surface area contributed by atoms with Crippen LogP contribution in [0.3, 0.4) is 0 Å². The van der Waals surface area contributed by atoms with Gasteiger partial charge < -0.3 is 4.90 Å². The van der Waals surface area contributed by atoms with Gasteiger partial charge >= 0.3 is 0 Å². The van der Waals surface area contributed by atoms with Crippen LogP contribution in [0.15, 0.2) is 6.07 Å². The third-order valence-electron chi connectivity index (χ3n) is 4.06. The fraction of sp³-hybridized carbons (Fsp3) is 0.600. The van der Waals surface area contributed by atoms with Crippen molar-refractivity contribution in [3.8, 4) is 0 Å². The van der Waals surface area contributed by atoms with E-state index < -0.39 is 0 Å². The van der Waals surface area contributed by atoms with Gasteiger partial charge in [0.2, 0.25) is 5.95 Å². The van der Waals surface area contributed by atoms with Crippen LogP contribution in [0.25, 0.3) is 10.2 Å². The minimum absolute atomic E-state index is 0.518. The van der Waals surface area contributed by atoms with E-state index in [1.807, 2.05) is 0 Å². The Bertz CT molecular complexity index is 601. The largest absolute Gasteiger partial charge is 0.356 e. The van der Waals surface area contributed by atoms with Crippen LogP contribution < -0.4 is 16.2 Å². The third kappa shape index (κ3) is 3.11. The number of thiophene rings is 1. The van der Waals surface area contributed by atoms with Crippen LogP contribution in [0.1, 0.15) is 43.9 Å². The van der Waals surface area contributed by atoms with Crippen molar-refractivity contribution in [1.82, 2.24) is 9.97 Å². The first-order chi connectivity index (χ1) is 10.3. The molecule has 5 nitrogen and oxygen atoms in total. The van der Waals surface area contributed by atoms with Crippen molar-refractivity contribution in [2.45, 2.75) is 45.4 Å². The van der Waals surface area contributed by atoms with Gasteiger partial charge in [-0.2, -0.15) is 4.98 Å². The first-order valence-electron chi connectivity index (χ1n) is 7.84. The van der Waals surface area contributed by atoms with E-state index in [1.54, 1.807) is 11.3 Å². The van der Waals surface area contributed by atoms with Gasteiger partial charge in [0.25, 0.3) is 0 Å². The van der Waals surface area contributed by atoms with Crippen molar-refractivity contribution >= 4 is 33.3 Å². The zero-order valence-electron chi connectivity index (χ0n) is 12.6. The molecule has 1 aliphatic rings. The molecule has 0 spiro atoms. The van der Waals surface area contributed by atoms with Gasteiger partial charge in [-0.1, -0.05) is 26.2 Å². The van der Waals surface area contributed by atoms with E-state index in [4.69, 9.17) is 5.84 Å². The molecule has 0 radical (unpaired) electrons. The number of nitrogens with zero attached hydrogens (tertiary/aromatic N) is 3. The van der Waals surface area contributed by atoms with E-state index >= 15 is 0 Å². The minimum atomic E-state index is 0.518. The zero-order chi connectivity index (χ0) is 14.7. The molecule has 1 fully saturated rings. The molecule has 1 saturated heterocycles. The predicted molar refractivity (Wildman–Crippen MR) is 89.9 cm³/mol. The molecule has 114 valence electrons. The lowest BCUT2D eigenvalue weighted by Gasteiger charge is -2.26. The molecule has 1 aliphatic heterocycles. The summed E-state index contributed by atoms with van der Waals surface area (Å²) in [5.74, 6) is 7.11. The molecule has 3 rings (SSSR count). The Hall–Kier alpha value is -1.40. The number of nitrogens with one attached hydrogen (secondary N) is 1. The molecular weight excluding hydrogens is 282 g/mol. The molecule has 0 atom stereocenters. The number of nitrogen functional groups attached to an aromatic ring is 1. The lowest BCUT2D eigenvalue weighted by molar-refractivity contribution is 0.554. The molecule has 21 heavy (non-hydrogen) atoms. The highest BCUT2D eigenvalue weighted by atomic mass is 32.1. The Kier molecular flexibility index (Phi) is 4.55. The van der Waals surface area contributed by atoms with Crippen LogP contribution in [0.4, 0.5) is 11.8 Å². The van der Waals surface area contributed by atoms with Gasteiger partial charge in [-0.25, -0.2) is 10.8 Å². The van der Waals surface area contributed by atoms with E-state index in [0.29, 0.717) is 5.95 Å². The average molecular weight is 305 g/mol. The quantitative estimate of drug-likeness (QED) is 0.672. The van der Waals surface area contributed by atoms with Crippen molar-refractivity contribution in [3.63, 3.8) is 0 Å². The first-order valence-corrected chi connectivity index (χ1v) is 8.65. The molecular formula is C15H23N5S. The summed E-state index contributed by atoms with van der Waals surface area (Å²) in [6.45, 7) is 4.33. The van der Waals surface area contributed by atoms with Crippen LogP contribution in [0, 0.1) is 0 Å². The van der Waals surface area contributed by atoms with E-state index in [9.17, 15) is 0 Å². The molecule has 0 amide bonds. The second-order valence-electron chi connectivity index (χ2n) is 5.56. The highest BCUT2D eigenvalue weighted by Crippen LogP contribution is 2.33. The van der Waals surface area contributed by atoms with Crippen LogP contribution in [0.5, 0.6) is 0 Å². The summed E-state index contributed by atoms with van der Waals surface area (Å²) in [6.07, 6.45) is 7.50. The summed E-state index contributed by atoms with van der Waals surface area (Å²) in [5, 5.41) is 1.18. The Morgan fingerprint density at radius 1 is 1.19 bits per heavy atom. The average Bonchev–Trinajstić information content (AvgIpc) is 2.89. The molecule has 3 heterocycles. The van der Waals surface area contributed by atoms with Crippen molar-refractivity contribution in [2.75, 3.05) is 23.4 Å². The highest BCUT2D eigenvalue weighted by Gasteiger charge is 2.17. The standard InChI is InChI=1S/C15H23N5S/c1-2-11-10-12-13(17-15(19-16)18-14(12)21-11)20-8-6-4-3-5-7-9-20/h10H,2-9,16H2,1H3,(H,17,18,19). The third-order valence-corrected chi connectivity index (χ3v) is 5.23. The Balaban J connectivity index is 2.03. The van der Waals surface area contributed by atoms with Gasteiger partial charge in [-0.3, -0.25) is 5.43 Å². The van der Waals surface area contributed by atoms with E-state index in [2.05, 4.69) is 33.3 Å². The van der Waals surface area contributed by atoms with Crippen LogP contribution in [-0.4, -0.2) is 23.1 Å². The van der Waals surface area contributed by atoms with Crippen molar-refractivity contribution in [1.29, 1.82) is 0 Å². The molecule has 3 N–H and O–H groups in total. The summed E-state index contributed by atoms with van der Waals surface area (Å²) in [5.41, 5.74) is 2.61. The summed E-state index contributed by atoms with van der Waals surface area (Å²) >= 11 is 1.74. The maximum atomic E-state index is 5.55. The Labute approximate surface area is 129 Å². The number of fused-ring (bicyclic) bond motifs is 1. The fourth-order valence-corrected chi connectivity index (χ4v) is 3.86. The maximum Gasteiger partial charge on any atom is 0.240 e. The number of anilines is 2. The molecule has 0 unspecified atom stereocenters. The van der Waals surface area contributed by atoms with Gasteiger partial charge in [0, 0.05) is 18.0 Å². The van der Waals surface area contributed by atoms with Gasteiger partial charge in [0.05, 0.1) is 5.39 Å². The van der Waals surface area contributed by atoms with Crippen molar-refractivity contribution < 1.29 is 0 Å². The summed E-state index contributed by atoms with van der Waals surface area (Å²) in [4.78, 5) is 13.9. The lowest BCUT2D eigenvalue weighted by Crippen LogP contribution is -2.28. The summed E-state index contributed by atoms with van der Waals surface area (Å²) in [7, 11) is 0. The van der Waals surface area contributed by atoms with E-state index in [0.717, 1.165) is 30.2 Å². The second-order valence-corrected chi connectivity index (χ2v) is 6.67. The molecule has 0 aliphatic carbocycles. The fourth-order valence-electron chi connectivity index (χ4n) is 2.90. The first kappa shape index (κ1) is 14.5. The van der Waals surface area contributed by atoms with Gasteiger partial charge in [0.1, 0.15) is 10.6 Å². The summed E-state index contributed by atoms with van der Waals surface area (Å²) in [6, 6.07) is 2.24. The van der Waals surface area contributed by atoms with E-state index in [-0.39, 0.29) is 0 Å². The van der Waals surface area contributed by atoms with Crippen molar-refractivity contribution in [2.24, 2.45) is 5.84 Å². The number of aromatic nitrogens is 2. The zero-order valence-corrected chi connectivity index (χ0v) is 13.4. The maximum absolute atomic E-state index is 5.55. The highest BCUT2D eigenvalue weighted by molar-refractivity contribution is 7.18. The van der Waals surface area contributed by atoms with Crippen LogP contribution in [-0.2, 0) is 6.42 Å². The molecule has 0 aromatic carbocycles. The van der Waals surface area contributed by atoms with E-state index in [1.165, 1.54) is 42.4 Å². The van der Waals surface area contributed by atoms with Crippen LogP contribution in [0.2, 0.25) is 0 Å². The minimum Gasteiger partial charge on any atom is -0.356 e. The number of nitrogens with two attached hydrogens (primary N) is 1. The molecule has 0 bridgehead atoms. The Morgan fingerprint density at radius 2 is 1.90 bits per heavy atom. The van der Waals surface area contributed by atoms with Gasteiger partial charge in [-0.05, 0) is 25.3 Å². The molecule has 6 heteroatoms. The molecule has 2 aromatic rings. The van der Waals surface area contributed by atoms with Crippen LogP contribution >= 0.6 is 11.3 Å². The SMILES string of the molecule is CCc1cc2c(N3CCCCCCC3)nc(NN)nc2s1. The number of hydrazine groups is 1. The normalized spacial score (nSPS) is 16.8. The molecule has 2 aromatic heterocycles. The Morgan fingerprint density at radius 3 is 2.57 bits per heavy atom. The number of aryl methyl sites for hydroxylation is 1. The van der Waals surface area contributed by atoms with Crippen molar-refractivity contribution in [3.05, 3.63) is 10.9 Å². The number of hydrogen-bond donors (Lipinski definition) is 2. The topological polar surface area (TPSA) is 67.1 Å².